The number of hydrogen-bond donors (Lipinski definition) is 1. The number of aliphatic hydroxyl groups is 1. The summed E-state index contributed by atoms with van der Waals surface area (Å²) in [5.74, 6) is -2.62. The Bertz CT molecular complexity index is 136. The summed E-state index contributed by atoms with van der Waals surface area (Å²) >= 11 is 0. The quantitative estimate of drug-likeness (QED) is 0.605. The fraction of sp³-hybridized carbons (Fsp3) is 1.00. The average molecular weight is 150 g/mol. The Hall–Kier alpha value is -0.180. The fourth-order valence-electron chi connectivity index (χ4n) is 1.38. The molecule has 1 fully saturated rings. The van der Waals surface area contributed by atoms with Crippen LogP contribution in [0.1, 0.15) is 32.6 Å². The maximum atomic E-state index is 12.5. The number of hydrogen-bond acceptors (Lipinski definition) is 1. The van der Waals surface area contributed by atoms with Crippen LogP contribution in [0.15, 0.2) is 0 Å². The molecule has 0 amide bonds. The second-order valence-corrected chi connectivity index (χ2v) is 3.11. The highest BCUT2D eigenvalue weighted by Crippen LogP contribution is 2.42. The molecule has 3 heteroatoms. The molecule has 1 nitrogen and oxygen atoms in total. The summed E-state index contributed by atoms with van der Waals surface area (Å²) in [6, 6.07) is 0. The third kappa shape index (κ3) is 1.45. The Balaban J connectivity index is 2.57. The van der Waals surface area contributed by atoms with Gasteiger partial charge in [-0.2, -0.15) is 0 Å². The first-order valence-electron chi connectivity index (χ1n) is 3.58. The van der Waals surface area contributed by atoms with Gasteiger partial charge in [-0.3, -0.25) is 0 Å². The second kappa shape index (κ2) is 2.16. The maximum Gasteiger partial charge on any atom is 0.251 e. The van der Waals surface area contributed by atoms with E-state index in [1.165, 1.54) is 0 Å². The van der Waals surface area contributed by atoms with Crippen molar-refractivity contribution in [2.24, 2.45) is 0 Å². The standard InChI is InChI=1S/C7H12F2O/c1-2-6(10)3-4-7(8,9)5-6/h10H,2-5H2,1H3. The van der Waals surface area contributed by atoms with Crippen LogP contribution < -0.4 is 0 Å². The zero-order valence-corrected chi connectivity index (χ0v) is 6.03. The summed E-state index contributed by atoms with van der Waals surface area (Å²) in [4.78, 5) is 0. The van der Waals surface area contributed by atoms with Crippen molar-refractivity contribution in [3.8, 4) is 0 Å². The molecule has 1 rings (SSSR count). The average Bonchev–Trinajstić information content (AvgIpc) is 2.08. The SMILES string of the molecule is CCC1(O)CCC(F)(F)C1. The Morgan fingerprint density at radius 3 is 2.20 bits per heavy atom. The van der Waals surface area contributed by atoms with Crippen LogP contribution in [0.4, 0.5) is 8.78 Å². The first kappa shape index (κ1) is 7.92. The van der Waals surface area contributed by atoms with E-state index in [0.29, 0.717) is 6.42 Å². The van der Waals surface area contributed by atoms with Gasteiger partial charge in [-0.05, 0) is 12.8 Å². The normalized spacial score (nSPS) is 38.4. The molecule has 0 bridgehead atoms. The molecule has 1 N–H and O–H groups in total. The summed E-state index contributed by atoms with van der Waals surface area (Å²) in [5, 5.41) is 9.36. The predicted octanol–water partition coefficient (Wildman–Crippen LogP) is 1.95. The molecular weight excluding hydrogens is 138 g/mol. The zero-order chi connectivity index (χ0) is 7.83. The summed E-state index contributed by atoms with van der Waals surface area (Å²) < 4.78 is 24.9. The fourth-order valence-corrected chi connectivity index (χ4v) is 1.38. The van der Waals surface area contributed by atoms with Crippen LogP contribution in [0.2, 0.25) is 0 Å². The van der Waals surface area contributed by atoms with Gasteiger partial charge in [-0.25, -0.2) is 8.78 Å². The molecule has 1 aliphatic carbocycles. The van der Waals surface area contributed by atoms with E-state index >= 15 is 0 Å². The van der Waals surface area contributed by atoms with Crippen LogP contribution in [0, 0.1) is 0 Å². The van der Waals surface area contributed by atoms with Gasteiger partial charge in [0, 0.05) is 12.8 Å². The topological polar surface area (TPSA) is 20.2 Å². The largest absolute Gasteiger partial charge is 0.390 e. The Kier molecular flexibility index (Phi) is 1.71. The molecular formula is C7H12F2O. The van der Waals surface area contributed by atoms with E-state index in [1.54, 1.807) is 6.92 Å². The summed E-state index contributed by atoms with van der Waals surface area (Å²) in [6.45, 7) is 1.74. The van der Waals surface area contributed by atoms with Crippen LogP contribution in [0.5, 0.6) is 0 Å². The monoisotopic (exact) mass is 150 g/mol. The Morgan fingerprint density at radius 2 is 2.00 bits per heavy atom. The predicted molar refractivity (Wildman–Crippen MR) is 34.0 cm³/mol. The molecule has 1 saturated carbocycles. The molecule has 0 heterocycles. The molecule has 0 aliphatic heterocycles. The van der Waals surface area contributed by atoms with Gasteiger partial charge in [0.1, 0.15) is 0 Å². The van der Waals surface area contributed by atoms with E-state index in [1.807, 2.05) is 0 Å². The van der Waals surface area contributed by atoms with Gasteiger partial charge in [0.25, 0.3) is 5.92 Å². The van der Waals surface area contributed by atoms with E-state index < -0.39 is 11.5 Å². The smallest absolute Gasteiger partial charge is 0.251 e. The van der Waals surface area contributed by atoms with Gasteiger partial charge in [0.2, 0.25) is 0 Å². The van der Waals surface area contributed by atoms with Gasteiger partial charge >= 0.3 is 0 Å². The summed E-state index contributed by atoms with van der Waals surface area (Å²) in [5.41, 5.74) is -1.08. The van der Waals surface area contributed by atoms with E-state index in [4.69, 9.17) is 0 Å². The van der Waals surface area contributed by atoms with Crippen molar-refractivity contribution in [3.05, 3.63) is 0 Å². The highest BCUT2D eigenvalue weighted by molar-refractivity contribution is 4.92. The molecule has 1 aliphatic rings. The van der Waals surface area contributed by atoms with Gasteiger partial charge in [0.15, 0.2) is 0 Å². The molecule has 60 valence electrons. The third-order valence-electron chi connectivity index (χ3n) is 2.20. The molecule has 0 aromatic carbocycles. The molecule has 1 unspecified atom stereocenters. The van der Waals surface area contributed by atoms with E-state index in [-0.39, 0.29) is 19.3 Å². The lowest BCUT2D eigenvalue weighted by Crippen LogP contribution is -2.25. The van der Waals surface area contributed by atoms with Gasteiger partial charge in [-0.15, -0.1) is 0 Å². The van der Waals surface area contributed by atoms with Crippen molar-refractivity contribution in [2.45, 2.75) is 44.1 Å². The van der Waals surface area contributed by atoms with E-state index in [0.717, 1.165) is 0 Å². The van der Waals surface area contributed by atoms with Crippen LogP contribution in [0.3, 0.4) is 0 Å². The van der Waals surface area contributed by atoms with Crippen molar-refractivity contribution in [2.75, 3.05) is 0 Å². The lowest BCUT2D eigenvalue weighted by molar-refractivity contribution is -0.0341. The zero-order valence-electron chi connectivity index (χ0n) is 6.03. The van der Waals surface area contributed by atoms with Crippen LogP contribution in [-0.2, 0) is 0 Å². The van der Waals surface area contributed by atoms with E-state index in [2.05, 4.69) is 0 Å². The van der Waals surface area contributed by atoms with Gasteiger partial charge in [0.05, 0.1) is 5.60 Å². The highest BCUT2D eigenvalue weighted by Gasteiger charge is 2.47. The van der Waals surface area contributed by atoms with Gasteiger partial charge < -0.3 is 5.11 Å². The minimum Gasteiger partial charge on any atom is -0.390 e. The van der Waals surface area contributed by atoms with Crippen LogP contribution in [-0.4, -0.2) is 16.6 Å². The first-order valence-corrected chi connectivity index (χ1v) is 3.58. The second-order valence-electron chi connectivity index (χ2n) is 3.11. The highest BCUT2D eigenvalue weighted by atomic mass is 19.3. The molecule has 0 aromatic heterocycles. The molecule has 10 heavy (non-hydrogen) atoms. The van der Waals surface area contributed by atoms with E-state index in [9.17, 15) is 13.9 Å². The lowest BCUT2D eigenvalue weighted by Gasteiger charge is -2.19. The minimum atomic E-state index is -2.62. The van der Waals surface area contributed by atoms with Crippen LogP contribution in [0.25, 0.3) is 0 Å². The third-order valence-corrected chi connectivity index (χ3v) is 2.20. The minimum absolute atomic E-state index is 0.155. The van der Waals surface area contributed by atoms with Crippen molar-refractivity contribution in [1.82, 2.24) is 0 Å². The summed E-state index contributed by atoms with van der Waals surface area (Å²) in [6.07, 6.45) is 0.174. The lowest BCUT2D eigenvalue weighted by atomic mass is 9.99. The van der Waals surface area contributed by atoms with Crippen molar-refractivity contribution in [3.63, 3.8) is 0 Å². The number of alkyl halides is 2. The Labute approximate surface area is 59.0 Å². The summed E-state index contributed by atoms with van der Waals surface area (Å²) in [7, 11) is 0. The molecule has 0 spiro atoms. The molecule has 1 atom stereocenters. The number of rotatable bonds is 1. The van der Waals surface area contributed by atoms with Crippen molar-refractivity contribution in [1.29, 1.82) is 0 Å². The number of halogens is 2. The first-order chi connectivity index (χ1) is 4.47. The van der Waals surface area contributed by atoms with Crippen molar-refractivity contribution < 1.29 is 13.9 Å². The molecule has 0 radical (unpaired) electrons. The maximum absolute atomic E-state index is 12.5. The molecule has 0 aromatic rings. The molecule has 0 saturated heterocycles. The van der Waals surface area contributed by atoms with Crippen LogP contribution >= 0.6 is 0 Å². The van der Waals surface area contributed by atoms with Crippen molar-refractivity contribution >= 4 is 0 Å². The van der Waals surface area contributed by atoms with Gasteiger partial charge in [-0.1, -0.05) is 6.92 Å². The Morgan fingerprint density at radius 1 is 1.40 bits per heavy atom.